The maximum atomic E-state index is 14.1. The maximum Gasteiger partial charge on any atom is 0.356 e. The zero-order valence-electron chi connectivity index (χ0n) is 10.2. The Morgan fingerprint density at radius 1 is 1.53 bits per heavy atom. The van der Waals surface area contributed by atoms with Gasteiger partial charge in [0.1, 0.15) is 11.6 Å². The second-order valence-electron chi connectivity index (χ2n) is 4.35. The Bertz CT molecular complexity index is 679. The van der Waals surface area contributed by atoms with E-state index in [0.29, 0.717) is 18.1 Å². The third-order valence-corrected chi connectivity index (χ3v) is 3.16. The molecule has 0 spiro atoms. The number of aryl methyl sites for hydroxylation is 1. The maximum absolute atomic E-state index is 14.1. The summed E-state index contributed by atoms with van der Waals surface area (Å²) in [6, 6.07) is 4.41. The van der Waals surface area contributed by atoms with Gasteiger partial charge in [0.25, 0.3) is 0 Å². The van der Waals surface area contributed by atoms with Gasteiger partial charge in [-0.05, 0) is 17.7 Å². The number of benzene rings is 1. The first kappa shape index (κ1) is 11.7. The molecule has 1 aliphatic heterocycles. The Kier molecular flexibility index (Phi) is 2.51. The van der Waals surface area contributed by atoms with Crippen molar-refractivity contribution in [1.82, 2.24) is 9.78 Å². The molecule has 0 amide bonds. The highest BCUT2D eigenvalue weighted by molar-refractivity contribution is 5.87. The van der Waals surface area contributed by atoms with Crippen molar-refractivity contribution in [3.8, 4) is 17.0 Å². The first-order valence-corrected chi connectivity index (χ1v) is 5.80. The van der Waals surface area contributed by atoms with E-state index < -0.39 is 11.8 Å². The van der Waals surface area contributed by atoms with Gasteiger partial charge in [0, 0.05) is 13.5 Å². The van der Waals surface area contributed by atoms with Gasteiger partial charge in [-0.3, -0.25) is 4.68 Å². The molecule has 0 aliphatic carbocycles. The second kappa shape index (κ2) is 4.08. The SMILES string of the molecule is Cn1nc(C(=O)O)cc1-c1c(F)ccc2c1OCC2. The van der Waals surface area contributed by atoms with E-state index in [9.17, 15) is 9.18 Å². The molecule has 2 heterocycles. The summed E-state index contributed by atoms with van der Waals surface area (Å²) in [6.07, 6.45) is 0.728. The van der Waals surface area contributed by atoms with E-state index in [-0.39, 0.29) is 11.3 Å². The van der Waals surface area contributed by atoms with Crippen LogP contribution in [0.3, 0.4) is 0 Å². The molecule has 98 valence electrons. The fourth-order valence-electron chi connectivity index (χ4n) is 2.27. The molecule has 1 N–H and O–H groups in total. The summed E-state index contributed by atoms with van der Waals surface area (Å²) in [6.45, 7) is 0.509. The quantitative estimate of drug-likeness (QED) is 0.897. The Labute approximate surface area is 108 Å². The van der Waals surface area contributed by atoms with Crippen LogP contribution in [0.2, 0.25) is 0 Å². The average Bonchev–Trinajstić information content (AvgIpc) is 2.96. The highest BCUT2D eigenvalue weighted by atomic mass is 19.1. The monoisotopic (exact) mass is 262 g/mol. The van der Waals surface area contributed by atoms with Crippen molar-refractivity contribution in [2.45, 2.75) is 6.42 Å². The standard InChI is InChI=1S/C13H11FN2O3/c1-16-10(6-9(15-16)13(17)18)11-8(14)3-2-7-4-5-19-12(7)11/h2-3,6H,4-5H2,1H3,(H,17,18). The minimum Gasteiger partial charge on any atom is -0.492 e. The van der Waals surface area contributed by atoms with E-state index in [1.54, 1.807) is 13.1 Å². The Morgan fingerprint density at radius 2 is 2.32 bits per heavy atom. The van der Waals surface area contributed by atoms with Crippen molar-refractivity contribution in [2.75, 3.05) is 6.61 Å². The number of carboxylic acid groups (broad SMARTS) is 1. The smallest absolute Gasteiger partial charge is 0.356 e. The molecule has 1 aromatic carbocycles. The molecule has 2 aromatic rings. The Hall–Kier alpha value is -2.37. The fourth-order valence-corrected chi connectivity index (χ4v) is 2.27. The first-order chi connectivity index (χ1) is 9.08. The third-order valence-electron chi connectivity index (χ3n) is 3.16. The van der Waals surface area contributed by atoms with Crippen LogP contribution in [0.15, 0.2) is 18.2 Å². The predicted octanol–water partition coefficient (Wildman–Crippen LogP) is 1.86. The van der Waals surface area contributed by atoms with Gasteiger partial charge in [0.15, 0.2) is 5.69 Å². The lowest BCUT2D eigenvalue weighted by molar-refractivity contribution is 0.0689. The molecular formula is C13H11FN2O3. The summed E-state index contributed by atoms with van der Waals surface area (Å²) in [5.41, 5.74) is 1.48. The Morgan fingerprint density at radius 3 is 3.00 bits per heavy atom. The molecule has 1 aromatic heterocycles. The molecule has 1 aliphatic rings. The van der Waals surface area contributed by atoms with Crippen LogP contribution in [-0.4, -0.2) is 27.5 Å². The summed E-state index contributed by atoms with van der Waals surface area (Å²) < 4.78 is 20.9. The molecule has 19 heavy (non-hydrogen) atoms. The van der Waals surface area contributed by atoms with Crippen molar-refractivity contribution >= 4 is 5.97 Å². The third kappa shape index (κ3) is 1.76. The number of carbonyl (C=O) groups is 1. The number of aromatic nitrogens is 2. The van der Waals surface area contributed by atoms with Gasteiger partial charge in [-0.1, -0.05) is 6.07 Å². The van der Waals surface area contributed by atoms with Gasteiger partial charge < -0.3 is 9.84 Å². The predicted molar refractivity (Wildman–Crippen MR) is 64.8 cm³/mol. The average molecular weight is 262 g/mol. The molecule has 3 rings (SSSR count). The summed E-state index contributed by atoms with van der Waals surface area (Å²) in [5.74, 6) is -1.10. The highest BCUT2D eigenvalue weighted by Gasteiger charge is 2.24. The zero-order valence-corrected chi connectivity index (χ0v) is 10.2. The van der Waals surface area contributed by atoms with Crippen molar-refractivity contribution in [3.63, 3.8) is 0 Å². The molecule has 0 unspecified atom stereocenters. The highest BCUT2D eigenvalue weighted by Crippen LogP contribution is 2.38. The number of hydrogen-bond acceptors (Lipinski definition) is 3. The Balaban J connectivity index is 2.22. The van der Waals surface area contributed by atoms with E-state index in [2.05, 4.69) is 5.10 Å². The van der Waals surface area contributed by atoms with Gasteiger partial charge in [-0.2, -0.15) is 5.10 Å². The van der Waals surface area contributed by atoms with E-state index in [4.69, 9.17) is 9.84 Å². The van der Waals surface area contributed by atoms with Gasteiger partial charge in [-0.25, -0.2) is 9.18 Å². The van der Waals surface area contributed by atoms with Crippen molar-refractivity contribution in [3.05, 3.63) is 35.3 Å². The number of ether oxygens (including phenoxy) is 1. The first-order valence-electron chi connectivity index (χ1n) is 5.80. The molecule has 0 radical (unpaired) electrons. The molecule has 0 fully saturated rings. The fraction of sp³-hybridized carbons (Fsp3) is 0.231. The molecule has 0 saturated heterocycles. The van der Waals surface area contributed by atoms with Crippen LogP contribution in [0.4, 0.5) is 4.39 Å². The van der Waals surface area contributed by atoms with Crippen LogP contribution in [0, 0.1) is 5.82 Å². The van der Waals surface area contributed by atoms with Crippen LogP contribution < -0.4 is 4.74 Å². The number of rotatable bonds is 2. The molecule has 5 nitrogen and oxygen atoms in total. The number of nitrogens with zero attached hydrogens (tertiary/aromatic N) is 2. The number of aromatic carboxylic acids is 1. The summed E-state index contributed by atoms with van der Waals surface area (Å²) in [5, 5.41) is 12.8. The van der Waals surface area contributed by atoms with Gasteiger partial charge in [0.2, 0.25) is 0 Å². The number of halogens is 1. The largest absolute Gasteiger partial charge is 0.492 e. The molecule has 0 saturated carbocycles. The van der Waals surface area contributed by atoms with E-state index in [1.807, 2.05) is 0 Å². The molecule has 6 heteroatoms. The normalized spacial score (nSPS) is 13.2. The van der Waals surface area contributed by atoms with Crippen LogP contribution >= 0.6 is 0 Å². The minimum atomic E-state index is -1.14. The number of hydrogen-bond donors (Lipinski definition) is 1. The van der Waals surface area contributed by atoms with Crippen LogP contribution in [0.1, 0.15) is 16.1 Å². The zero-order chi connectivity index (χ0) is 13.6. The summed E-state index contributed by atoms with van der Waals surface area (Å²) >= 11 is 0. The van der Waals surface area contributed by atoms with Gasteiger partial charge in [0.05, 0.1) is 17.9 Å². The van der Waals surface area contributed by atoms with E-state index in [0.717, 1.165) is 12.0 Å². The van der Waals surface area contributed by atoms with Crippen LogP contribution in [0.5, 0.6) is 5.75 Å². The molecule has 0 bridgehead atoms. The minimum absolute atomic E-state index is 0.118. The molecule has 0 atom stereocenters. The second-order valence-corrected chi connectivity index (χ2v) is 4.35. The lowest BCUT2D eigenvalue weighted by Gasteiger charge is -2.09. The van der Waals surface area contributed by atoms with Crippen molar-refractivity contribution < 1.29 is 19.0 Å². The summed E-state index contributed by atoms with van der Waals surface area (Å²) in [7, 11) is 1.58. The van der Waals surface area contributed by atoms with Crippen LogP contribution in [-0.2, 0) is 13.5 Å². The lowest BCUT2D eigenvalue weighted by atomic mass is 10.0. The van der Waals surface area contributed by atoms with Gasteiger partial charge in [-0.15, -0.1) is 0 Å². The topological polar surface area (TPSA) is 64.4 Å². The number of carboxylic acids is 1. The van der Waals surface area contributed by atoms with Crippen molar-refractivity contribution in [2.24, 2.45) is 7.05 Å². The number of fused-ring (bicyclic) bond motifs is 1. The van der Waals surface area contributed by atoms with E-state index >= 15 is 0 Å². The van der Waals surface area contributed by atoms with Gasteiger partial charge >= 0.3 is 5.97 Å². The summed E-state index contributed by atoms with van der Waals surface area (Å²) in [4.78, 5) is 10.9. The van der Waals surface area contributed by atoms with E-state index in [1.165, 1.54) is 16.8 Å². The van der Waals surface area contributed by atoms with Crippen molar-refractivity contribution in [1.29, 1.82) is 0 Å². The lowest BCUT2D eigenvalue weighted by Crippen LogP contribution is -2.00. The molecular weight excluding hydrogens is 251 g/mol. The van der Waals surface area contributed by atoms with Crippen LogP contribution in [0.25, 0.3) is 11.3 Å².